The molecule has 0 unspecified atom stereocenters. The molecule has 1 atom stereocenters. The van der Waals surface area contributed by atoms with E-state index in [0.29, 0.717) is 24.2 Å². The van der Waals surface area contributed by atoms with Gasteiger partial charge in [0.25, 0.3) is 5.91 Å². The monoisotopic (exact) mass is 586 g/mol. The molecule has 1 aromatic carbocycles. The fraction of sp³-hybridized carbons (Fsp3) is 0.348. The summed E-state index contributed by atoms with van der Waals surface area (Å²) in [5.41, 5.74) is -5.10. The zero-order valence-electron chi connectivity index (χ0n) is 19.7. The minimum Gasteiger partial charge on any atom is -0.394 e. The summed E-state index contributed by atoms with van der Waals surface area (Å²) in [6.45, 7) is -0.299. The first-order chi connectivity index (χ1) is 18.5. The number of nitrogens with one attached hydrogen (secondary N) is 1. The van der Waals surface area contributed by atoms with Crippen molar-refractivity contribution in [3.63, 3.8) is 0 Å². The summed E-state index contributed by atoms with van der Waals surface area (Å²) in [5.74, 6) is -8.77. The van der Waals surface area contributed by atoms with Gasteiger partial charge in [0.15, 0.2) is 28.9 Å². The molecule has 1 saturated heterocycles. The molecule has 216 valence electrons. The maximum Gasteiger partial charge on any atom is 0.417 e. The van der Waals surface area contributed by atoms with Crippen LogP contribution in [0.1, 0.15) is 23.2 Å². The second-order valence-electron chi connectivity index (χ2n) is 8.79. The number of hydrogen-bond donors (Lipinski definition) is 2. The van der Waals surface area contributed by atoms with Crippen molar-refractivity contribution in [1.82, 2.24) is 14.9 Å². The molecule has 17 heteroatoms. The third kappa shape index (κ3) is 5.29. The van der Waals surface area contributed by atoms with E-state index >= 15 is 4.39 Å². The van der Waals surface area contributed by atoms with Crippen LogP contribution in [0.4, 0.5) is 49.7 Å². The number of anilines is 1. The molecule has 0 saturated carbocycles. The molecule has 1 amide bonds. The van der Waals surface area contributed by atoms with E-state index in [1.165, 1.54) is 4.90 Å². The summed E-state index contributed by atoms with van der Waals surface area (Å²) in [6.07, 6.45) is -11.0. The van der Waals surface area contributed by atoms with Crippen molar-refractivity contribution in [2.45, 2.75) is 37.3 Å². The van der Waals surface area contributed by atoms with Crippen LogP contribution in [0.5, 0.6) is 0 Å². The van der Waals surface area contributed by atoms with Gasteiger partial charge in [-0.25, -0.2) is 22.5 Å². The smallest absolute Gasteiger partial charge is 0.394 e. The predicted octanol–water partition coefficient (Wildman–Crippen LogP) is 4.13. The number of aromatic nitrogens is 2. The highest BCUT2D eigenvalue weighted by Gasteiger charge is 2.57. The number of fused-ring (bicyclic) bond motifs is 1. The van der Waals surface area contributed by atoms with E-state index in [1.54, 1.807) is 0 Å². The van der Waals surface area contributed by atoms with Gasteiger partial charge in [-0.2, -0.15) is 26.3 Å². The van der Waals surface area contributed by atoms with Crippen LogP contribution < -0.4 is 15.6 Å². The molecule has 1 aliphatic heterocycles. The summed E-state index contributed by atoms with van der Waals surface area (Å²) in [4.78, 5) is 30.8. The number of nitrogens with zero attached hydrogens (tertiary/aromatic N) is 3. The third-order valence-electron chi connectivity index (χ3n) is 6.17. The van der Waals surface area contributed by atoms with Crippen molar-refractivity contribution in [1.29, 1.82) is 0 Å². The van der Waals surface area contributed by atoms with E-state index < -0.39 is 93.8 Å². The Morgan fingerprint density at radius 1 is 1.02 bits per heavy atom. The Kier molecular flexibility index (Phi) is 7.46. The number of carbonyl (C=O) groups is 1. The van der Waals surface area contributed by atoms with Gasteiger partial charge in [-0.05, 0) is 18.9 Å². The number of benzene rings is 1. The maximum absolute atomic E-state index is 15.1. The van der Waals surface area contributed by atoms with E-state index in [9.17, 15) is 54.2 Å². The minimum atomic E-state index is -6.06. The summed E-state index contributed by atoms with van der Waals surface area (Å²) in [6, 6.07) is -4.32. The highest BCUT2D eigenvalue weighted by atomic mass is 19.4. The van der Waals surface area contributed by atoms with Crippen LogP contribution in [0.2, 0.25) is 0 Å². The second kappa shape index (κ2) is 10.3. The molecule has 0 spiro atoms. The summed E-state index contributed by atoms with van der Waals surface area (Å²) >= 11 is 0. The van der Waals surface area contributed by atoms with E-state index in [-0.39, 0.29) is 29.4 Å². The first kappa shape index (κ1) is 29.1. The molecule has 1 aliphatic rings. The number of rotatable bonds is 5. The van der Waals surface area contributed by atoms with Gasteiger partial charge in [0.1, 0.15) is 17.1 Å². The van der Waals surface area contributed by atoms with Crippen molar-refractivity contribution in [2.24, 2.45) is 0 Å². The van der Waals surface area contributed by atoms with E-state index in [0.717, 1.165) is 0 Å². The number of aliphatic hydroxyl groups excluding tert-OH is 1. The summed E-state index contributed by atoms with van der Waals surface area (Å²) in [5, 5.41) is 9.24. The van der Waals surface area contributed by atoms with E-state index in [2.05, 4.69) is 4.98 Å². The fourth-order valence-corrected chi connectivity index (χ4v) is 4.38. The van der Waals surface area contributed by atoms with Crippen molar-refractivity contribution < 1.29 is 53.8 Å². The van der Waals surface area contributed by atoms with Crippen molar-refractivity contribution >= 4 is 22.8 Å². The predicted molar refractivity (Wildman–Crippen MR) is 118 cm³/mol. The van der Waals surface area contributed by atoms with Crippen molar-refractivity contribution in [3.8, 4) is 5.69 Å². The third-order valence-corrected chi connectivity index (χ3v) is 6.17. The Morgan fingerprint density at radius 3 is 2.17 bits per heavy atom. The summed E-state index contributed by atoms with van der Waals surface area (Å²) < 4.78 is 137. The number of carbonyl (C=O) groups excluding carboxylic acids is 1. The van der Waals surface area contributed by atoms with E-state index in [4.69, 9.17) is 0 Å². The maximum atomic E-state index is 15.1. The van der Waals surface area contributed by atoms with Crippen LogP contribution in [0.15, 0.2) is 29.2 Å². The number of halogens is 10. The van der Waals surface area contributed by atoms with Crippen molar-refractivity contribution in [2.75, 3.05) is 18.1 Å². The van der Waals surface area contributed by atoms with Crippen LogP contribution >= 0.6 is 0 Å². The largest absolute Gasteiger partial charge is 0.417 e. The average Bonchev–Trinajstić information content (AvgIpc) is 3.30. The first-order valence-corrected chi connectivity index (χ1v) is 11.3. The molecule has 0 aliphatic carbocycles. The van der Waals surface area contributed by atoms with Crippen molar-refractivity contribution in [3.05, 3.63) is 63.5 Å². The molecule has 3 heterocycles. The van der Waals surface area contributed by atoms with Gasteiger partial charge in [0.05, 0.1) is 18.0 Å². The second-order valence-corrected chi connectivity index (χ2v) is 8.79. The summed E-state index contributed by atoms with van der Waals surface area (Å²) in [7, 11) is 0. The van der Waals surface area contributed by atoms with Crippen LogP contribution in [0.25, 0.3) is 16.7 Å². The number of hydrogen-bond acceptors (Lipinski definition) is 5. The highest BCUT2D eigenvalue weighted by molar-refractivity contribution is 5.97. The van der Waals surface area contributed by atoms with Gasteiger partial charge in [-0.3, -0.25) is 14.2 Å². The lowest BCUT2D eigenvalue weighted by molar-refractivity contribution is -0.255. The lowest BCUT2D eigenvalue weighted by atomic mass is 10.1. The standard InChI is InChI=1S/C23H16F10N4O3/c24-9-4-13(25)16(14(26)5-9)37-7-12(20(40)35-21(22(28,29)30)23(31,32)33)17(39)11-6-15(27)19(34-18(11)37)36-3-1-2-10(36)8-38/h4-7,10,21,38H,1-3,8H2,(H,35,40)/t10-/m1/s1. The lowest BCUT2D eigenvalue weighted by Gasteiger charge is -2.25. The van der Waals surface area contributed by atoms with E-state index in [1.807, 2.05) is 0 Å². The quantitative estimate of drug-likeness (QED) is 0.440. The number of pyridine rings is 2. The van der Waals surface area contributed by atoms with Crippen LogP contribution in [-0.2, 0) is 0 Å². The zero-order valence-corrected chi connectivity index (χ0v) is 19.7. The Labute approximate surface area is 216 Å². The Morgan fingerprint density at radius 2 is 1.62 bits per heavy atom. The zero-order chi connectivity index (χ0) is 29.7. The molecule has 0 bridgehead atoms. The molecule has 4 rings (SSSR count). The minimum absolute atomic E-state index is 0.154. The lowest BCUT2D eigenvalue weighted by Crippen LogP contribution is -2.55. The number of amides is 1. The molecular formula is C23H16F10N4O3. The Hall–Kier alpha value is -3.89. The average molecular weight is 586 g/mol. The molecule has 40 heavy (non-hydrogen) atoms. The number of alkyl halides is 6. The number of aliphatic hydroxyl groups is 1. The Balaban J connectivity index is 2.00. The fourth-order valence-electron chi connectivity index (χ4n) is 4.38. The van der Waals surface area contributed by atoms with Gasteiger partial charge in [-0.1, -0.05) is 0 Å². The Bertz CT molecular complexity index is 1500. The van der Waals surface area contributed by atoms with Gasteiger partial charge in [0, 0.05) is 24.9 Å². The van der Waals surface area contributed by atoms with Gasteiger partial charge < -0.3 is 15.3 Å². The van der Waals surface area contributed by atoms with Gasteiger partial charge in [-0.15, -0.1) is 0 Å². The molecule has 2 N–H and O–H groups in total. The first-order valence-electron chi connectivity index (χ1n) is 11.3. The molecule has 1 fully saturated rings. The molecule has 7 nitrogen and oxygen atoms in total. The SMILES string of the molecule is O=C(NC(C(F)(F)F)C(F)(F)F)c1cn(-c2c(F)cc(F)cc2F)c2nc(N3CCC[C@@H]3CO)c(F)cc2c1=O. The van der Waals surface area contributed by atoms with Gasteiger partial charge in [0.2, 0.25) is 11.5 Å². The molecule has 3 aromatic rings. The topological polar surface area (TPSA) is 87.5 Å². The van der Waals surface area contributed by atoms with Gasteiger partial charge >= 0.3 is 12.4 Å². The molecule has 2 aromatic heterocycles. The van der Waals surface area contributed by atoms with Crippen LogP contribution in [-0.4, -0.2) is 58.2 Å². The normalized spacial score (nSPS) is 16.3. The molecular weight excluding hydrogens is 570 g/mol. The highest BCUT2D eigenvalue weighted by Crippen LogP contribution is 2.34. The molecule has 0 radical (unpaired) electrons. The van der Waals surface area contributed by atoms with Crippen LogP contribution in [0.3, 0.4) is 0 Å². The van der Waals surface area contributed by atoms with Crippen LogP contribution in [0, 0.1) is 23.3 Å².